The number of rotatable bonds is 6. The van der Waals surface area contributed by atoms with Gasteiger partial charge in [-0.15, -0.1) is 11.3 Å². The molecule has 3 rings (SSSR count). The van der Waals surface area contributed by atoms with Crippen LogP contribution in [0.5, 0.6) is 5.75 Å². The van der Waals surface area contributed by atoms with Crippen molar-refractivity contribution in [1.82, 2.24) is 10.1 Å². The van der Waals surface area contributed by atoms with Crippen LogP contribution in [0.1, 0.15) is 5.89 Å². The van der Waals surface area contributed by atoms with Crippen molar-refractivity contribution in [3.63, 3.8) is 0 Å². The van der Waals surface area contributed by atoms with Crippen LogP contribution in [-0.4, -0.2) is 22.7 Å². The lowest BCUT2D eigenvalue weighted by Gasteiger charge is -2.05. The summed E-state index contributed by atoms with van der Waals surface area (Å²) >= 11 is 7.26. The molecule has 0 bridgehead atoms. The quantitative estimate of drug-likeness (QED) is 0.633. The summed E-state index contributed by atoms with van der Waals surface area (Å²) < 4.78 is 15.3. The number of benzene rings is 1. The fraction of sp³-hybridized carbons (Fsp3) is 0.133. The molecule has 0 atom stereocenters. The van der Waals surface area contributed by atoms with Crippen LogP contribution < -0.4 is 4.74 Å². The average Bonchev–Trinajstić information content (AvgIpc) is 3.23. The van der Waals surface area contributed by atoms with Crippen LogP contribution in [0, 0.1) is 0 Å². The Kier molecular flexibility index (Phi) is 4.89. The van der Waals surface area contributed by atoms with E-state index in [-0.39, 0.29) is 19.1 Å². The van der Waals surface area contributed by atoms with Gasteiger partial charge in [0.1, 0.15) is 5.75 Å². The third-order valence-electron chi connectivity index (χ3n) is 2.74. The largest absolute Gasteiger partial charge is 0.482 e. The molecule has 0 spiro atoms. The maximum Gasteiger partial charge on any atom is 0.344 e. The van der Waals surface area contributed by atoms with Gasteiger partial charge in [-0.2, -0.15) is 4.98 Å². The van der Waals surface area contributed by atoms with Crippen LogP contribution in [0.15, 0.2) is 46.3 Å². The number of carbonyl (C=O) groups excluding carboxylic acids is 1. The number of thiophene rings is 1. The van der Waals surface area contributed by atoms with E-state index in [1.165, 1.54) is 11.3 Å². The van der Waals surface area contributed by atoms with Gasteiger partial charge in [-0.25, -0.2) is 4.79 Å². The number of nitrogens with zero attached hydrogens (tertiary/aromatic N) is 2. The summed E-state index contributed by atoms with van der Waals surface area (Å²) in [7, 11) is 0. The molecule has 0 amide bonds. The van der Waals surface area contributed by atoms with Gasteiger partial charge in [0.2, 0.25) is 5.82 Å². The summed E-state index contributed by atoms with van der Waals surface area (Å²) in [6.07, 6.45) is 0. The summed E-state index contributed by atoms with van der Waals surface area (Å²) in [5, 5.41) is 6.34. The van der Waals surface area contributed by atoms with E-state index in [9.17, 15) is 4.79 Å². The first-order valence-electron chi connectivity index (χ1n) is 6.61. The van der Waals surface area contributed by atoms with Gasteiger partial charge in [0, 0.05) is 5.02 Å². The SMILES string of the molecule is O=C(COc1ccc(Cl)cc1)OCc1nc(-c2cccs2)no1. The van der Waals surface area contributed by atoms with Crippen molar-refractivity contribution in [3.05, 3.63) is 52.7 Å². The highest BCUT2D eigenvalue weighted by atomic mass is 35.5. The van der Waals surface area contributed by atoms with Crippen LogP contribution in [0.3, 0.4) is 0 Å². The Hall–Kier alpha value is -2.38. The Bertz CT molecular complexity index is 771. The van der Waals surface area contributed by atoms with Crippen molar-refractivity contribution in [3.8, 4) is 16.5 Å². The molecule has 0 N–H and O–H groups in total. The molecule has 2 aromatic heterocycles. The number of hydrogen-bond acceptors (Lipinski definition) is 7. The molecule has 0 aliphatic rings. The van der Waals surface area contributed by atoms with Crippen molar-refractivity contribution in [1.29, 1.82) is 0 Å². The lowest BCUT2D eigenvalue weighted by atomic mass is 10.3. The predicted molar refractivity (Wildman–Crippen MR) is 84.4 cm³/mol. The highest BCUT2D eigenvalue weighted by molar-refractivity contribution is 7.13. The van der Waals surface area contributed by atoms with E-state index in [0.29, 0.717) is 16.6 Å². The van der Waals surface area contributed by atoms with E-state index < -0.39 is 5.97 Å². The summed E-state index contributed by atoms with van der Waals surface area (Å²) in [6.45, 7) is -0.311. The Morgan fingerprint density at radius 2 is 2.09 bits per heavy atom. The first kappa shape index (κ1) is 15.5. The molecule has 6 nitrogen and oxygen atoms in total. The minimum absolute atomic E-state index is 0.0960. The lowest BCUT2D eigenvalue weighted by molar-refractivity contribution is -0.148. The first-order chi connectivity index (χ1) is 11.2. The smallest absolute Gasteiger partial charge is 0.344 e. The van der Waals surface area contributed by atoms with Crippen molar-refractivity contribution in [2.45, 2.75) is 6.61 Å². The van der Waals surface area contributed by atoms with Crippen LogP contribution >= 0.6 is 22.9 Å². The predicted octanol–water partition coefficient (Wildman–Crippen LogP) is 3.57. The minimum Gasteiger partial charge on any atom is -0.482 e. The van der Waals surface area contributed by atoms with E-state index in [4.69, 9.17) is 25.6 Å². The summed E-state index contributed by atoms with van der Waals surface area (Å²) in [4.78, 5) is 16.7. The summed E-state index contributed by atoms with van der Waals surface area (Å²) in [6, 6.07) is 10.5. The monoisotopic (exact) mass is 350 g/mol. The molecular formula is C15H11ClN2O4S. The van der Waals surface area contributed by atoms with Gasteiger partial charge in [-0.1, -0.05) is 22.8 Å². The Balaban J connectivity index is 1.46. The third-order valence-corrected chi connectivity index (χ3v) is 3.85. The van der Waals surface area contributed by atoms with Crippen molar-refractivity contribution >= 4 is 28.9 Å². The molecule has 0 aliphatic heterocycles. The normalized spacial score (nSPS) is 10.5. The molecule has 1 aromatic carbocycles. The third kappa shape index (κ3) is 4.30. The molecule has 0 radical (unpaired) electrons. The molecule has 2 heterocycles. The maximum absolute atomic E-state index is 11.6. The molecule has 0 fully saturated rings. The van der Waals surface area contributed by atoms with Crippen LogP contribution in [-0.2, 0) is 16.1 Å². The lowest BCUT2D eigenvalue weighted by Crippen LogP contribution is -2.14. The molecule has 0 saturated heterocycles. The molecule has 0 aliphatic carbocycles. The van der Waals surface area contributed by atoms with E-state index in [1.54, 1.807) is 24.3 Å². The summed E-state index contributed by atoms with van der Waals surface area (Å²) in [5.41, 5.74) is 0. The Morgan fingerprint density at radius 1 is 1.26 bits per heavy atom. The van der Waals surface area contributed by atoms with E-state index >= 15 is 0 Å². The van der Waals surface area contributed by atoms with Crippen LogP contribution in [0.4, 0.5) is 0 Å². The fourth-order valence-corrected chi connectivity index (χ4v) is 2.45. The number of carbonyl (C=O) groups is 1. The minimum atomic E-state index is -0.532. The topological polar surface area (TPSA) is 74.5 Å². The van der Waals surface area contributed by atoms with Gasteiger partial charge >= 0.3 is 5.97 Å². The second-order valence-corrected chi connectivity index (χ2v) is 5.78. The Labute approximate surface area is 140 Å². The van der Waals surface area contributed by atoms with Crippen molar-refractivity contribution < 1.29 is 18.8 Å². The maximum atomic E-state index is 11.6. The van der Waals surface area contributed by atoms with E-state index in [2.05, 4.69) is 10.1 Å². The van der Waals surface area contributed by atoms with Gasteiger partial charge in [0.25, 0.3) is 5.89 Å². The van der Waals surface area contributed by atoms with E-state index in [0.717, 1.165) is 4.88 Å². The average molecular weight is 351 g/mol. The number of hydrogen-bond donors (Lipinski definition) is 0. The summed E-state index contributed by atoms with van der Waals surface area (Å²) in [5.74, 6) is 0.705. The van der Waals surface area contributed by atoms with Gasteiger partial charge in [0.15, 0.2) is 13.2 Å². The second kappa shape index (κ2) is 7.26. The zero-order valence-corrected chi connectivity index (χ0v) is 13.3. The first-order valence-corrected chi connectivity index (χ1v) is 7.87. The van der Waals surface area contributed by atoms with Gasteiger partial charge < -0.3 is 14.0 Å². The number of esters is 1. The van der Waals surface area contributed by atoms with Gasteiger partial charge in [-0.3, -0.25) is 0 Å². The standard InChI is InChI=1S/C15H11ClN2O4S/c16-10-3-5-11(6-4-10)20-9-14(19)21-8-13-17-15(18-22-13)12-2-1-7-23-12/h1-7H,8-9H2. The highest BCUT2D eigenvalue weighted by Crippen LogP contribution is 2.21. The number of aromatic nitrogens is 2. The zero-order valence-electron chi connectivity index (χ0n) is 11.8. The van der Waals surface area contributed by atoms with Crippen LogP contribution in [0.2, 0.25) is 5.02 Å². The van der Waals surface area contributed by atoms with Gasteiger partial charge in [-0.05, 0) is 35.7 Å². The fourth-order valence-electron chi connectivity index (χ4n) is 1.68. The molecule has 118 valence electrons. The molecule has 0 saturated carbocycles. The van der Waals surface area contributed by atoms with Crippen molar-refractivity contribution in [2.75, 3.05) is 6.61 Å². The molecule has 3 aromatic rings. The molecule has 0 unspecified atom stereocenters. The molecule has 8 heteroatoms. The van der Waals surface area contributed by atoms with Crippen LogP contribution in [0.25, 0.3) is 10.7 Å². The number of ether oxygens (including phenoxy) is 2. The highest BCUT2D eigenvalue weighted by Gasteiger charge is 2.12. The molecule has 23 heavy (non-hydrogen) atoms. The Morgan fingerprint density at radius 3 is 2.83 bits per heavy atom. The van der Waals surface area contributed by atoms with Crippen molar-refractivity contribution in [2.24, 2.45) is 0 Å². The molecular weight excluding hydrogens is 340 g/mol. The number of halogens is 1. The zero-order chi connectivity index (χ0) is 16.1. The van der Waals surface area contributed by atoms with Gasteiger partial charge in [0.05, 0.1) is 4.88 Å². The van der Waals surface area contributed by atoms with E-state index in [1.807, 2.05) is 17.5 Å². The second-order valence-electron chi connectivity index (χ2n) is 4.39.